The third-order valence-corrected chi connectivity index (χ3v) is 6.02. The Bertz CT molecular complexity index is 1250. The van der Waals surface area contributed by atoms with Crippen molar-refractivity contribution in [3.05, 3.63) is 106 Å². The van der Waals surface area contributed by atoms with Crippen LogP contribution in [0.5, 0.6) is 0 Å². The van der Waals surface area contributed by atoms with Crippen LogP contribution in [0.2, 0.25) is 0 Å². The molecule has 0 radical (unpaired) electrons. The molecule has 3 aromatic rings. The molecule has 1 atom stereocenters. The molecule has 1 unspecified atom stereocenters. The van der Waals surface area contributed by atoms with Crippen molar-refractivity contribution in [2.75, 3.05) is 11.5 Å². The number of anilines is 1. The van der Waals surface area contributed by atoms with E-state index in [1.165, 1.54) is 4.90 Å². The van der Waals surface area contributed by atoms with Crippen LogP contribution in [0.1, 0.15) is 40.9 Å². The molecule has 1 saturated heterocycles. The van der Waals surface area contributed by atoms with E-state index in [2.05, 4.69) is 15.9 Å². The number of rotatable bonds is 6. The fourth-order valence-corrected chi connectivity index (χ4v) is 4.11. The van der Waals surface area contributed by atoms with Crippen LogP contribution in [0.4, 0.5) is 5.69 Å². The number of aliphatic hydroxyl groups excluding tert-OH is 1. The first-order valence-corrected chi connectivity index (χ1v) is 11.6. The largest absolute Gasteiger partial charge is 0.507 e. The highest BCUT2D eigenvalue weighted by Crippen LogP contribution is 2.42. The van der Waals surface area contributed by atoms with Crippen molar-refractivity contribution in [2.24, 2.45) is 0 Å². The average Bonchev–Trinajstić information content (AvgIpc) is 3.13. The number of amides is 1. The van der Waals surface area contributed by atoms with Gasteiger partial charge in [0.1, 0.15) is 5.76 Å². The highest BCUT2D eigenvalue weighted by Gasteiger charge is 2.46. The molecule has 172 valence electrons. The maximum absolute atomic E-state index is 13.2. The zero-order valence-electron chi connectivity index (χ0n) is 18.4. The zero-order chi connectivity index (χ0) is 24.2. The zero-order valence-corrected chi connectivity index (χ0v) is 20.0. The third-order valence-electron chi connectivity index (χ3n) is 5.50. The minimum absolute atomic E-state index is 0.00459. The van der Waals surface area contributed by atoms with Gasteiger partial charge in [-0.25, -0.2) is 4.79 Å². The van der Waals surface area contributed by atoms with Crippen molar-refractivity contribution < 1.29 is 24.2 Å². The van der Waals surface area contributed by atoms with Gasteiger partial charge in [0.05, 0.1) is 23.8 Å². The molecule has 1 aliphatic heterocycles. The molecule has 0 aliphatic carbocycles. The molecular formula is C27H22BrNO5. The quantitative estimate of drug-likeness (QED) is 0.197. The Morgan fingerprint density at radius 1 is 0.941 bits per heavy atom. The van der Waals surface area contributed by atoms with Crippen molar-refractivity contribution in [1.82, 2.24) is 0 Å². The normalized spacial score (nSPS) is 17.1. The molecule has 0 spiro atoms. The van der Waals surface area contributed by atoms with Crippen LogP contribution in [-0.2, 0) is 14.3 Å². The van der Waals surface area contributed by atoms with Gasteiger partial charge in [0, 0.05) is 15.7 Å². The Morgan fingerprint density at radius 2 is 1.56 bits per heavy atom. The van der Waals surface area contributed by atoms with Crippen LogP contribution in [0, 0.1) is 0 Å². The number of Topliss-reactive ketones (excluding diaryl/α,β-unsaturated/α-hetero) is 1. The number of carbonyl (C=O) groups is 3. The molecule has 1 amide bonds. The summed E-state index contributed by atoms with van der Waals surface area (Å²) in [4.78, 5) is 39.8. The number of carbonyl (C=O) groups excluding carboxylic acids is 3. The summed E-state index contributed by atoms with van der Waals surface area (Å²) in [6.45, 7) is 2.23. The summed E-state index contributed by atoms with van der Waals surface area (Å²) in [6, 6.07) is 21.4. The van der Waals surface area contributed by atoms with Crippen LogP contribution in [0.15, 0.2) is 88.9 Å². The fourth-order valence-electron chi connectivity index (χ4n) is 3.85. The molecular weight excluding hydrogens is 498 g/mol. The van der Waals surface area contributed by atoms with Crippen LogP contribution >= 0.6 is 15.9 Å². The van der Waals surface area contributed by atoms with Gasteiger partial charge in [-0.05, 0) is 48.4 Å². The number of esters is 1. The molecule has 0 aromatic heterocycles. The van der Waals surface area contributed by atoms with Gasteiger partial charge in [-0.3, -0.25) is 14.5 Å². The van der Waals surface area contributed by atoms with Gasteiger partial charge in [-0.1, -0.05) is 65.3 Å². The third kappa shape index (κ3) is 4.52. The Hall–Kier alpha value is -3.71. The van der Waals surface area contributed by atoms with E-state index in [0.29, 0.717) is 35.4 Å². The fraction of sp³-hybridized carbons (Fsp3) is 0.148. The summed E-state index contributed by atoms with van der Waals surface area (Å²) >= 11 is 3.36. The average molecular weight is 520 g/mol. The lowest BCUT2D eigenvalue weighted by molar-refractivity contribution is -0.132. The minimum atomic E-state index is -0.831. The Morgan fingerprint density at radius 3 is 2.18 bits per heavy atom. The number of nitrogens with zero attached hydrogens (tertiary/aromatic N) is 1. The molecule has 1 fully saturated rings. The summed E-state index contributed by atoms with van der Waals surface area (Å²) in [5.41, 5.74) is 1.88. The van der Waals surface area contributed by atoms with E-state index in [1.54, 1.807) is 60.7 Å². The molecule has 1 heterocycles. The van der Waals surface area contributed by atoms with Crippen molar-refractivity contribution in [3.8, 4) is 0 Å². The molecule has 6 nitrogen and oxygen atoms in total. The predicted molar refractivity (Wildman–Crippen MR) is 132 cm³/mol. The molecule has 1 N–H and O–H groups in total. The first-order valence-electron chi connectivity index (χ1n) is 10.8. The lowest BCUT2D eigenvalue weighted by Gasteiger charge is -2.25. The molecule has 0 bridgehead atoms. The maximum Gasteiger partial charge on any atom is 0.338 e. The van der Waals surface area contributed by atoms with Crippen LogP contribution in [0.3, 0.4) is 0 Å². The van der Waals surface area contributed by atoms with Crippen molar-refractivity contribution in [2.45, 2.75) is 19.4 Å². The molecule has 34 heavy (non-hydrogen) atoms. The van der Waals surface area contributed by atoms with Crippen LogP contribution in [0.25, 0.3) is 5.76 Å². The van der Waals surface area contributed by atoms with Gasteiger partial charge in [0.25, 0.3) is 11.7 Å². The number of aliphatic hydroxyl groups is 1. The van der Waals surface area contributed by atoms with Gasteiger partial charge in [-0.15, -0.1) is 0 Å². The second kappa shape index (κ2) is 10.1. The smallest absolute Gasteiger partial charge is 0.338 e. The summed E-state index contributed by atoms with van der Waals surface area (Å²) in [5, 5.41) is 11.1. The Labute approximate surface area is 205 Å². The van der Waals surface area contributed by atoms with Crippen LogP contribution in [-0.4, -0.2) is 29.4 Å². The van der Waals surface area contributed by atoms with E-state index in [4.69, 9.17) is 4.74 Å². The van der Waals surface area contributed by atoms with Crippen molar-refractivity contribution in [3.63, 3.8) is 0 Å². The first kappa shape index (κ1) is 23.4. The summed E-state index contributed by atoms with van der Waals surface area (Å²) in [5.74, 6) is -2.23. The number of hydrogen-bond donors (Lipinski definition) is 1. The number of hydrogen-bond acceptors (Lipinski definition) is 5. The van der Waals surface area contributed by atoms with E-state index < -0.39 is 23.7 Å². The molecule has 1 aliphatic rings. The first-order chi connectivity index (χ1) is 16.4. The maximum atomic E-state index is 13.2. The number of benzene rings is 3. The van der Waals surface area contributed by atoms with E-state index >= 15 is 0 Å². The highest BCUT2D eigenvalue weighted by atomic mass is 79.9. The Balaban J connectivity index is 1.80. The molecule has 4 rings (SSSR count). The lowest BCUT2D eigenvalue weighted by atomic mass is 9.95. The second-order valence-electron chi connectivity index (χ2n) is 7.77. The number of ketones is 1. The molecule has 7 heteroatoms. The number of ether oxygens (including phenoxy) is 1. The molecule has 3 aromatic carbocycles. The van der Waals surface area contributed by atoms with Crippen molar-refractivity contribution >= 4 is 45.0 Å². The lowest BCUT2D eigenvalue weighted by Crippen LogP contribution is -2.29. The molecule has 0 saturated carbocycles. The van der Waals surface area contributed by atoms with Gasteiger partial charge >= 0.3 is 5.97 Å². The van der Waals surface area contributed by atoms with E-state index in [-0.39, 0.29) is 11.3 Å². The van der Waals surface area contributed by atoms with Gasteiger partial charge in [0.15, 0.2) is 0 Å². The SMILES string of the molecule is CCCOC(=O)c1ccc(N2C(=O)C(=O)/C(=C(/O)c3ccc(Br)cc3)C2c2ccccc2)cc1. The van der Waals surface area contributed by atoms with E-state index in [1.807, 2.05) is 25.1 Å². The second-order valence-corrected chi connectivity index (χ2v) is 8.69. The van der Waals surface area contributed by atoms with Gasteiger partial charge in [-0.2, -0.15) is 0 Å². The summed E-state index contributed by atoms with van der Waals surface area (Å²) in [6.07, 6.45) is 0.712. The monoisotopic (exact) mass is 519 g/mol. The summed E-state index contributed by atoms with van der Waals surface area (Å²) in [7, 11) is 0. The van der Waals surface area contributed by atoms with Crippen LogP contribution < -0.4 is 4.90 Å². The van der Waals surface area contributed by atoms with E-state index in [0.717, 1.165) is 4.47 Å². The van der Waals surface area contributed by atoms with E-state index in [9.17, 15) is 19.5 Å². The standard InChI is InChI=1S/C27H22BrNO5/c1-2-16-34-27(33)19-10-14-21(15-11-19)29-23(17-6-4-3-5-7-17)22(25(31)26(29)32)24(30)18-8-12-20(28)13-9-18/h3-15,23,30H,2,16H2,1H3/b24-22+. The predicted octanol–water partition coefficient (Wildman–Crippen LogP) is 5.64. The van der Waals surface area contributed by atoms with Crippen molar-refractivity contribution in [1.29, 1.82) is 0 Å². The summed E-state index contributed by atoms with van der Waals surface area (Å²) < 4.78 is 5.98. The highest BCUT2D eigenvalue weighted by molar-refractivity contribution is 9.10. The topological polar surface area (TPSA) is 83.9 Å². The minimum Gasteiger partial charge on any atom is -0.507 e. The van der Waals surface area contributed by atoms with Gasteiger partial charge < -0.3 is 9.84 Å². The Kier molecular flexibility index (Phi) is 6.93. The van der Waals surface area contributed by atoms with Gasteiger partial charge in [0.2, 0.25) is 0 Å². The number of halogens is 1.